The molecule has 4 nitrogen and oxygen atoms in total. The fraction of sp³-hybridized carbons (Fsp3) is 0.800. The third-order valence-corrected chi connectivity index (χ3v) is 3.30. The maximum absolute atomic E-state index is 12.2. The molecular weight excluding hydrogens is 242 g/mol. The second-order valence-corrected chi connectivity index (χ2v) is 5.54. The lowest BCUT2D eigenvalue weighted by Gasteiger charge is -2.31. The van der Waals surface area contributed by atoms with Crippen molar-refractivity contribution in [1.82, 2.24) is 5.06 Å². The van der Waals surface area contributed by atoms with Gasteiger partial charge in [-0.2, -0.15) is 0 Å². The molecule has 0 radical (unpaired) electrons. The Labute approximate surface area is 116 Å². The summed E-state index contributed by atoms with van der Waals surface area (Å²) < 4.78 is 5.44. The van der Waals surface area contributed by atoms with Gasteiger partial charge in [-0.25, -0.2) is 5.06 Å². The van der Waals surface area contributed by atoms with E-state index in [0.717, 1.165) is 6.42 Å². The molecule has 0 aromatic heterocycles. The van der Waals surface area contributed by atoms with E-state index in [1.807, 2.05) is 33.8 Å². The molecule has 0 aromatic carbocycles. The van der Waals surface area contributed by atoms with Crippen molar-refractivity contribution >= 4 is 5.91 Å². The van der Waals surface area contributed by atoms with Crippen molar-refractivity contribution < 1.29 is 14.4 Å². The molecule has 110 valence electrons. The first-order valence-electron chi connectivity index (χ1n) is 7.21. The summed E-state index contributed by atoms with van der Waals surface area (Å²) in [7, 11) is 0. The Balaban J connectivity index is 2.71. The van der Waals surface area contributed by atoms with Crippen LogP contribution in [0, 0.1) is 11.8 Å². The van der Waals surface area contributed by atoms with Crippen molar-refractivity contribution in [1.29, 1.82) is 0 Å². The molecule has 0 saturated heterocycles. The monoisotopic (exact) mass is 269 g/mol. The van der Waals surface area contributed by atoms with E-state index in [9.17, 15) is 4.79 Å². The molecule has 1 aliphatic heterocycles. The quantitative estimate of drug-likeness (QED) is 0.720. The van der Waals surface area contributed by atoms with Gasteiger partial charge in [0.1, 0.15) is 6.10 Å². The van der Waals surface area contributed by atoms with Crippen LogP contribution in [0.5, 0.6) is 0 Å². The van der Waals surface area contributed by atoms with Gasteiger partial charge in [-0.3, -0.25) is 9.63 Å². The van der Waals surface area contributed by atoms with Crippen LogP contribution in [0.1, 0.15) is 41.0 Å². The van der Waals surface area contributed by atoms with E-state index in [-0.39, 0.29) is 29.9 Å². The van der Waals surface area contributed by atoms with Crippen LogP contribution < -0.4 is 0 Å². The van der Waals surface area contributed by atoms with Gasteiger partial charge < -0.3 is 4.74 Å². The van der Waals surface area contributed by atoms with Gasteiger partial charge >= 0.3 is 0 Å². The lowest BCUT2D eigenvalue weighted by Crippen LogP contribution is -2.43. The van der Waals surface area contributed by atoms with E-state index in [0.29, 0.717) is 13.2 Å². The van der Waals surface area contributed by atoms with Crippen LogP contribution in [0.2, 0.25) is 0 Å². The number of carbonyl (C=O) groups excluding carboxylic acids is 1. The van der Waals surface area contributed by atoms with Crippen LogP contribution in [0.15, 0.2) is 12.2 Å². The summed E-state index contributed by atoms with van der Waals surface area (Å²) in [6, 6.07) is 0.0791. The smallest absolute Gasteiger partial charge is 0.248 e. The van der Waals surface area contributed by atoms with Crippen molar-refractivity contribution in [2.75, 3.05) is 13.2 Å². The highest BCUT2D eigenvalue weighted by Crippen LogP contribution is 2.21. The van der Waals surface area contributed by atoms with Crippen molar-refractivity contribution in [2.24, 2.45) is 11.8 Å². The van der Waals surface area contributed by atoms with Crippen LogP contribution in [0.25, 0.3) is 0 Å². The van der Waals surface area contributed by atoms with E-state index in [2.05, 4.69) is 13.0 Å². The van der Waals surface area contributed by atoms with Gasteiger partial charge in [0.2, 0.25) is 5.91 Å². The average molecular weight is 269 g/mol. The predicted molar refractivity (Wildman–Crippen MR) is 75.4 cm³/mol. The minimum absolute atomic E-state index is 0.0461. The van der Waals surface area contributed by atoms with Gasteiger partial charge in [-0.1, -0.05) is 32.9 Å². The Hall–Kier alpha value is -0.870. The number of carbonyl (C=O) groups is 1. The first-order chi connectivity index (χ1) is 8.97. The van der Waals surface area contributed by atoms with Crippen molar-refractivity contribution in [3.63, 3.8) is 0 Å². The fourth-order valence-corrected chi connectivity index (χ4v) is 1.99. The SMILES string of the molecule is CCOC[C@@H](C)[C@@H]1C=CC[C@@H](C)N(C(=O)C(C)C)O1. The molecule has 0 aromatic rings. The molecule has 0 bridgehead atoms. The van der Waals surface area contributed by atoms with E-state index in [1.165, 1.54) is 0 Å². The molecular formula is C15H27NO3. The minimum atomic E-state index is -0.0980. The number of nitrogens with zero attached hydrogens (tertiary/aromatic N) is 1. The second kappa shape index (κ2) is 7.65. The molecule has 1 amide bonds. The molecule has 0 spiro atoms. The van der Waals surface area contributed by atoms with Gasteiger partial charge in [0, 0.05) is 18.4 Å². The fourth-order valence-electron chi connectivity index (χ4n) is 1.99. The summed E-state index contributed by atoms with van der Waals surface area (Å²) in [5.41, 5.74) is 0. The van der Waals surface area contributed by atoms with E-state index in [4.69, 9.17) is 9.57 Å². The van der Waals surface area contributed by atoms with Gasteiger partial charge in [0.05, 0.1) is 12.6 Å². The first-order valence-corrected chi connectivity index (χ1v) is 7.21. The molecule has 1 rings (SSSR count). The van der Waals surface area contributed by atoms with Crippen molar-refractivity contribution in [3.05, 3.63) is 12.2 Å². The molecule has 0 fully saturated rings. The zero-order valence-electron chi connectivity index (χ0n) is 12.8. The zero-order valence-corrected chi connectivity index (χ0v) is 12.8. The topological polar surface area (TPSA) is 38.8 Å². The summed E-state index contributed by atoms with van der Waals surface area (Å²) in [6.07, 6.45) is 4.88. The number of ether oxygens (including phenoxy) is 1. The Morgan fingerprint density at radius 2 is 2.16 bits per heavy atom. The lowest BCUT2D eigenvalue weighted by atomic mass is 10.1. The minimum Gasteiger partial charge on any atom is -0.381 e. The molecule has 1 aliphatic rings. The van der Waals surface area contributed by atoms with Gasteiger partial charge in [0.15, 0.2) is 0 Å². The van der Waals surface area contributed by atoms with E-state index in [1.54, 1.807) is 5.06 Å². The Bertz CT molecular complexity index is 315. The van der Waals surface area contributed by atoms with Crippen LogP contribution in [0.4, 0.5) is 0 Å². The summed E-state index contributed by atoms with van der Waals surface area (Å²) in [4.78, 5) is 18.1. The van der Waals surface area contributed by atoms with Crippen molar-refractivity contribution in [2.45, 2.75) is 53.2 Å². The number of hydroxylamine groups is 2. The van der Waals surface area contributed by atoms with Gasteiger partial charge in [-0.15, -0.1) is 0 Å². The van der Waals surface area contributed by atoms with Crippen LogP contribution >= 0.6 is 0 Å². The third kappa shape index (κ3) is 4.62. The number of hydrogen-bond donors (Lipinski definition) is 0. The molecule has 3 atom stereocenters. The maximum atomic E-state index is 12.2. The molecule has 0 N–H and O–H groups in total. The average Bonchev–Trinajstić information content (AvgIpc) is 2.57. The zero-order chi connectivity index (χ0) is 14.4. The highest BCUT2D eigenvalue weighted by Gasteiger charge is 2.29. The summed E-state index contributed by atoms with van der Waals surface area (Å²) in [6.45, 7) is 11.2. The van der Waals surface area contributed by atoms with Crippen LogP contribution in [-0.4, -0.2) is 36.3 Å². The number of hydrogen-bond acceptors (Lipinski definition) is 3. The third-order valence-electron chi connectivity index (χ3n) is 3.30. The first kappa shape index (κ1) is 16.2. The van der Waals surface area contributed by atoms with Gasteiger partial charge in [0.25, 0.3) is 0 Å². The van der Waals surface area contributed by atoms with E-state index >= 15 is 0 Å². The molecule has 0 unspecified atom stereocenters. The number of rotatable bonds is 5. The summed E-state index contributed by atoms with van der Waals surface area (Å²) in [5, 5.41) is 1.55. The molecule has 19 heavy (non-hydrogen) atoms. The van der Waals surface area contributed by atoms with Crippen molar-refractivity contribution in [3.8, 4) is 0 Å². The van der Waals surface area contributed by atoms with E-state index < -0.39 is 0 Å². The van der Waals surface area contributed by atoms with Gasteiger partial charge in [-0.05, 0) is 20.3 Å². The highest BCUT2D eigenvalue weighted by molar-refractivity contribution is 5.77. The number of amides is 1. The Morgan fingerprint density at radius 3 is 2.74 bits per heavy atom. The highest BCUT2D eigenvalue weighted by atomic mass is 16.7. The molecule has 1 heterocycles. The molecule has 0 saturated carbocycles. The summed E-state index contributed by atoms with van der Waals surface area (Å²) >= 11 is 0. The normalized spacial score (nSPS) is 25.5. The summed E-state index contributed by atoms with van der Waals surface area (Å²) in [5.74, 6) is 0.220. The Morgan fingerprint density at radius 1 is 1.47 bits per heavy atom. The Kier molecular flexibility index (Phi) is 6.52. The second-order valence-electron chi connectivity index (χ2n) is 5.54. The molecule has 0 aliphatic carbocycles. The van der Waals surface area contributed by atoms with Crippen LogP contribution in [-0.2, 0) is 14.4 Å². The maximum Gasteiger partial charge on any atom is 0.248 e. The van der Waals surface area contributed by atoms with Crippen LogP contribution in [0.3, 0.4) is 0 Å². The largest absolute Gasteiger partial charge is 0.381 e. The standard InChI is InChI=1S/C15H27NO3/c1-6-18-10-12(4)14-9-7-8-13(5)16(19-14)15(17)11(2)3/h7,9,11-14H,6,8,10H2,1-5H3/t12-,13-,14+/m1/s1. The predicted octanol–water partition coefficient (Wildman–Crippen LogP) is 2.79. The molecule has 4 heteroatoms. The lowest BCUT2D eigenvalue weighted by molar-refractivity contribution is -0.221.